The van der Waals surface area contributed by atoms with Gasteiger partial charge in [0.15, 0.2) is 0 Å². The zero-order valence-electron chi connectivity index (χ0n) is 11.6. The van der Waals surface area contributed by atoms with Crippen molar-refractivity contribution < 1.29 is 13.5 Å². The molecule has 0 saturated carbocycles. The Morgan fingerprint density at radius 2 is 2.00 bits per heavy atom. The lowest BCUT2D eigenvalue weighted by Crippen LogP contribution is -2.31. The number of hydrogen-bond donors (Lipinski definition) is 2. The SMILES string of the molecule is CCCCCCC[C@H](O)CNS(=O)(=O)c1ccc(Br)s1. The van der Waals surface area contributed by atoms with E-state index in [2.05, 4.69) is 27.6 Å². The summed E-state index contributed by atoms with van der Waals surface area (Å²) in [6.07, 6.45) is 5.64. The molecule has 1 rings (SSSR count). The maximum atomic E-state index is 11.9. The highest BCUT2D eigenvalue weighted by molar-refractivity contribution is 9.11. The molecule has 0 spiro atoms. The molecule has 2 N–H and O–H groups in total. The summed E-state index contributed by atoms with van der Waals surface area (Å²) >= 11 is 4.39. The Morgan fingerprint density at radius 3 is 2.60 bits per heavy atom. The highest BCUT2D eigenvalue weighted by Crippen LogP contribution is 2.25. The van der Waals surface area contributed by atoms with Crippen molar-refractivity contribution >= 4 is 37.3 Å². The van der Waals surface area contributed by atoms with Gasteiger partial charge in [-0.1, -0.05) is 39.0 Å². The second kappa shape index (κ2) is 9.15. The molecular weight excluding hydrogens is 362 g/mol. The first-order valence-electron chi connectivity index (χ1n) is 6.88. The predicted octanol–water partition coefficient (Wildman–Crippen LogP) is 3.51. The lowest BCUT2D eigenvalue weighted by atomic mass is 10.1. The van der Waals surface area contributed by atoms with Crippen LogP contribution in [-0.4, -0.2) is 26.2 Å². The molecule has 1 atom stereocenters. The van der Waals surface area contributed by atoms with E-state index >= 15 is 0 Å². The van der Waals surface area contributed by atoms with Crippen molar-refractivity contribution in [2.45, 2.75) is 55.8 Å². The molecule has 0 fully saturated rings. The molecule has 1 heterocycles. The second-order valence-corrected chi connectivity index (χ2v) is 9.22. The van der Waals surface area contributed by atoms with E-state index in [1.165, 1.54) is 19.3 Å². The van der Waals surface area contributed by atoms with Crippen LogP contribution >= 0.6 is 27.3 Å². The number of unbranched alkanes of at least 4 members (excludes halogenated alkanes) is 4. The second-order valence-electron chi connectivity index (χ2n) is 4.77. The lowest BCUT2D eigenvalue weighted by Gasteiger charge is -2.11. The van der Waals surface area contributed by atoms with Crippen LogP contribution < -0.4 is 4.72 Å². The van der Waals surface area contributed by atoms with Gasteiger partial charge in [-0.3, -0.25) is 0 Å². The van der Waals surface area contributed by atoms with Gasteiger partial charge in [-0.15, -0.1) is 11.3 Å². The summed E-state index contributed by atoms with van der Waals surface area (Å²) < 4.78 is 27.4. The van der Waals surface area contributed by atoms with Crippen molar-refractivity contribution in [2.75, 3.05) is 6.54 Å². The third-order valence-electron chi connectivity index (χ3n) is 2.96. The van der Waals surface area contributed by atoms with E-state index in [0.29, 0.717) is 6.42 Å². The van der Waals surface area contributed by atoms with E-state index in [1.54, 1.807) is 12.1 Å². The molecule has 4 nitrogen and oxygen atoms in total. The largest absolute Gasteiger partial charge is 0.392 e. The van der Waals surface area contributed by atoms with Crippen LogP contribution in [0.2, 0.25) is 0 Å². The maximum Gasteiger partial charge on any atom is 0.250 e. The summed E-state index contributed by atoms with van der Waals surface area (Å²) in [5, 5.41) is 9.79. The summed E-state index contributed by atoms with van der Waals surface area (Å²) in [5.74, 6) is 0. The number of thiophene rings is 1. The molecule has 1 aromatic heterocycles. The van der Waals surface area contributed by atoms with Crippen molar-refractivity contribution in [1.29, 1.82) is 0 Å². The number of aliphatic hydroxyl groups excluding tert-OH is 1. The van der Waals surface area contributed by atoms with Crippen LogP contribution in [0.5, 0.6) is 0 Å². The summed E-state index contributed by atoms with van der Waals surface area (Å²) in [7, 11) is -3.50. The van der Waals surface area contributed by atoms with Crippen LogP contribution in [0, 0.1) is 0 Å². The van der Waals surface area contributed by atoms with Gasteiger partial charge in [0.1, 0.15) is 4.21 Å². The topological polar surface area (TPSA) is 66.4 Å². The van der Waals surface area contributed by atoms with E-state index in [4.69, 9.17) is 0 Å². The molecule has 20 heavy (non-hydrogen) atoms. The standard InChI is InChI=1S/C13H22BrNO3S2/c1-2-3-4-5-6-7-11(16)10-15-20(17,18)13-9-8-12(14)19-13/h8-9,11,15-16H,2-7,10H2,1H3/t11-/m0/s1. The number of nitrogens with one attached hydrogen (secondary N) is 1. The Labute approximate surface area is 133 Å². The zero-order chi connectivity index (χ0) is 15.0. The molecule has 7 heteroatoms. The van der Waals surface area contributed by atoms with Crippen LogP contribution in [0.15, 0.2) is 20.1 Å². The number of aliphatic hydroxyl groups is 1. The summed E-state index contributed by atoms with van der Waals surface area (Å²) in [4.78, 5) is 0. The fourth-order valence-corrected chi connectivity index (χ4v) is 4.93. The molecular formula is C13H22BrNO3S2. The molecule has 0 radical (unpaired) electrons. The molecule has 0 aliphatic heterocycles. The summed E-state index contributed by atoms with van der Waals surface area (Å²) in [5.41, 5.74) is 0. The minimum atomic E-state index is -3.50. The predicted molar refractivity (Wildman–Crippen MR) is 86.6 cm³/mol. The van der Waals surface area contributed by atoms with Crippen molar-refractivity contribution in [3.8, 4) is 0 Å². The lowest BCUT2D eigenvalue weighted by molar-refractivity contribution is 0.164. The number of rotatable bonds is 10. The first-order chi connectivity index (χ1) is 9.45. The van der Waals surface area contributed by atoms with Crippen LogP contribution in [0.3, 0.4) is 0 Å². The maximum absolute atomic E-state index is 11.9. The van der Waals surface area contributed by atoms with E-state index in [9.17, 15) is 13.5 Å². The zero-order valence-corrected chi connectivity index (χ0v) is 14.9. The molecule has 0 aliphatic carbocycles. The number of halogens is 1. The van der Waals surface area contributed by atoms with Crippen molar-refractivity contribution in [1.82, 2.24) is 4.72 Å². The Morgan fingerprint density at radius 1 is 1.30 bits per heavy atom. The summed E-state index contributed by atoms with van der Waals surface area (Å²) in [6, 6.07) is 3.25. The Kier molecular flexibility index (Phi) is 8.28. The monoisotopic (exact) mass is 383 g/mol. The Hall–Kier alpha value is 0.0500. The molecule has 0 unspecified atom stereocenters. The van der Waals surface area contributed by atoms with E-state index in [0.717, 1.165) is 28.0 Å². The van der Waals surface area contributed by atoms with Gasteiger partial charge in [0.25, 0.3) is 0 Å². The summed E-state index contributed by atoms with van der Waals surface area (Å²) in [6.45, 7) is 2.23. The number of sulfonamides is 1. The third kappa shape index (κ3) is 6.67. The van der Waals surface area contributed by atoms with Crippen molar-refractivity contribution in [3.63, 3.8) is 0 Å². The molecule has 0 bridgehead atoms. The van der Waals surface area contributed by atoms with Crippen LogP contribution in [-0.2, 0) is 10.0 Å². The van der Waals surface area contributed by atoms with Gasteiger partial charge in [0, 0.05) is 6.54 Å². The first-order valence-corrected chi connectivity index (χ1v) is 9.98. The average Bonchev–Trinajstić information content (AvgIpc) is 2.84. The van der Waals surface area contributed by atoms with Gasteiger partial charge >= 0.3 is 0 Å². The Balaban J connectivity index is 2.28. The van der Waals surface area contributed by atoms with Crippen LogP contribution in [0.4, 0.5) is 0 Å². The molecule has 0 saturated heterocycles. The van der Waals surface area contributed by atoms with Crippen LogP contribution in [0.1, 0.15) is 45.4 Å². The van der Waals surface area contributed by atoms with Gasteiger partial charge in [-0.25, -0.2) is 13.1 Å². The fourth-order valence-electron chi connectivity index (χ4n) is 1.80. The Bertz CT molecular complexity index is 488. The van der Waals surface area contributed by atoms with Crippen molar-refractivity contribution in [3.05, 3.63) is 15.9 Å². The quantitative estimate of drug-likeness (QED) is 0.607. The average molecular weight is 384 g/mol. The molecule has 116 valence electrons. The first kappa shape index (κ1) is 18.1. The molecule has 0 amide bonds. The van der Waals surface area contributed by atoms with Crippen LogP contribution in [0.25, 0.3) is 0 Å². The smallest absolute Gasteiger partial charge is 0.250 e. The minimum Gasteiger partial charge on any atom is -0.392 e. The highest BCUT2D eigenvalue weighted by Gasteiger charge is 2.17. The fraction of sp³-hybridized carbons (Fsp3) is 0.692. The van der Waals surface area contributed by atoms with Gasteiger partial charge in [-0.2, -0.15) is 0 Å². The molecule has 0 aliphatic rings. The van der Waals surface area contributed by atoms with E-state index < -0.39 is 16.1 Å². The normalized spacial score (nSPS) is 13.6. The molecule has 1 aromatic rings. The molecule has 0 aromatic carbocycles. The number of hydrogen-bond acceptors (Lipinski definition) is 4. The van der Waals surface area contributed by atoms with Gasteiger partial charge < -0.3 is 5.11 Å². The van der Waals surface area contributed by atoms with Crippen molar-refractivity contribution in [2.24, 2.45) is 0 Å². The van der Waals surface area contributed by atoms with Gasteiger partial charge in [0.05, 0.1) is 9.89 Å². The third-order valence-corrected chi connectivity index (χ3v) is 6.50. The van der Waals surface area contributed by atoms with E-state index in [1.807, 2.05) is 0 Å². The van der Waals surface area contributed by atoms with Gasteiger partial charge in [-0.05, 0) is 34.5 Å². The van der Waals surface area contributed by atoms with Gasteiger partial charge in [0.2, 0.25) is 10.0 Å². The minimum absolute atomic E-state index is 0.0750. The highest BCUT2D eigenvalue weighted by atomic mass is 79.9. The van der Waals surface area contributed by atoms with E-state index in [-0.39, 0.29) is 10.8 Å².